The van der Waals surface area contributed by atoms with Gasteiger partial charge in [0.05, 0.1) is 41.5 Å². The maximum Gasteiger partial charge on any atom is 0.232 e. The Balaban J connectivity index is 1.22. The summed E-state index contributed by atoms with van der Waals surface area (Å²) in [7, 11) is 0. The first kappa shape index (κ1) is 21.3. The predicted molar refractivity (Wildman–Crippen MR) is 129 cm³/mol. The summed E-state index contributed by atoms with van der Waals surface area (Å²) in [6.07, 6.45) is 3.41. The summed E-state index contributed by atoms with van der Waals surface area (Å²) in [4.78, 5) is 25.1. The molecule has 2 aliphatic heterocycles. The van der Waals surface area contributed by atoms with Gasteiger partial charge in [0.2, 0.25) is 5.91 Å². The van der Waals surface area contributed by atoms with Crippen molar-refractivity contribution in [3.8, 4) is 23.1 Å². The summed E-state index contributed by atoms with van der Waals surface area (Å²) < 4.78 is 19.5. The van der Waals surface area contributed by atoms with Gasteiger partial charge in [-0.25, -0.2) is 4.39 Å². The van der Waals surface area contributed by atoms with E-state index in [1.165, 1.54) is 12.1 Å². The number of carbonyl (C=O) groups excluding carboxylic acids is 1. The number of nitriles is 1. The molecule has 0 saturated carbocycles. The van der Waals surface area contributed by atoms with E-state index < -0.39 is 0 Å². The minimum atomic E-state index is -0.246. The second-order valence-electron chi connectivity index (χ2n) is 8.99. The number of anilines is 1. The number of carbonyl (C=O) groups is 1. The van der Waals surface area contributed by atoms with Crippen LogP contribution in [0, 0.1) is 23.1 Å². The standard InChI is InChI=1S/C27H22FN5O2/c28-21-3-1-2-18(9-21)14-32-15-20(16-32)27(34)33-6-7-35-26-22(12-30-13-25(26)33)24-10-19-8-17(11-29)4-5-23(19)31-24/h1-5,8-10,12-13,20,31H,6-7,14-16H2. The molecule has 0 unspecified atom stereocenters. The number of fused-ring (bicyclic) bond motifs is 2. The SMILES string of the molecule is N#Cc1ccc2[nH]c(-c3cncc4c3OCCN4C(=O)C3CN(Cc4cccc(F)c4)C3)cc2c1. The molecule has 0 radical (unpaired) electrons. The van der Waals surface area contributed by atoms with Crippen molar-refractivity contribution in [1.29, 1.82) is 5.26 Å². The number of pyridine rings is 1. The maximum atomic E-state index is 13.5. The third-order valence-electron chi connectivity index (χ3n) is 6.64. The molecule has 6 rings (SSSR count). The van der Waals surface area contributed by atoms with Crippen molar-refractivity contribution in [2.75, 3.05) is 31.1 Å². The smallest absolute Gasteiger partial charge is 0.232 e. The lowest BCUT2D eigenvalue weighted by molar-refractivity contribution is -0.128. The van der Waals surface area contributed by atoms with Crippen LogP contribution in [0.1, 0.15) is 11.1 Å². The molecule has 35 heavy (non-hydrogen) atoms. The van der Waals surface area contributed by atoms with E-state index in [0.29, 0.717) is 49.8 Å². The van der Waals surface area contributed by atoms with Crippen LogP contribution in [-0.2, 0) is 11.3 Å². The van der Waals surface area contributed by atoms with Crippen LogP contribution < -0.4 is 9.64 Å². The topological polar surface area (TPSA) is 85.2 Å². The number of aromatic nitrogens is 2. The van der Waals surface area contributed by atoms with Gasteiger partial charge in [-0.1, -0.05) is 12.1 Å². The van der Waals surface area contributed by atoms with Gasteiger partial charge in [-0.2, -0.15) is 5.26 Å². The lowest BCUT2D eigenvalue weighted by Crippen LogP contribution is -2.55. The van der Waals surface area contributed by atoms with Crippen molar-refractivity contribution in [3.05, 3.63) is 77.9 Å². The monoisotopic (exact) mass is 467 g/mol. The number of halogens is 1. The van der Waals surface area contributed by atoms with Crippen molar-refractivity contribution in [1.82, 2.24) is 14.9 Å². The maximum absolute atomic E-state index is 13.5. The quantitative estimate of drug-likeness (QED) is 0.489. The fraction of sp³-hybridized carbons (Fsp3) is 0.222. The van der Waals surface area contributed by atoms with Crippen LogP contribution >= 0.6 is 0 Å². The number of amides is 1. The Bertz CT molecular complexity index is 1480. The second-order valence-corrected chi connectivity index (χ2v) is 8.99. The minimum absolute atomic E-state index is 0.0549. The molecule has 2 aliphatic rings. The lowest BCUT2D eigenvalue weighted by atomic mass is 9.96. The van der Waals surface area contributed by atoms with Gasteiger partial charge in [0.25, 0.3) is 0 Å². The van der Waals surface area contributed by atoms with E-state index in [1.54, 1.807) is 29.4 Å². The van der Waals surface area contributed by atoms with E-state index in [-0.39, 0.29) is 17.6 Å². The highest BCUT2D eigenvalue weighted by Gasteiger charge is 2.38. The molecule has 0 atom stereocenters. The van der Waals surface area contributed by atoms with E-state index in [9.17, 15) is 14.4 Å². The summed E-state index contributed by atoms with van der Waals surface area (Å²) in [6.45, 7) is 2.77. The summed E-state index contributed by atoms with van der Waals surface area (Å²) in [6, 6.07) is 16.2. The fourth-order valence-corrected chi connectivity index (χ4v) is 4.88. The van der Waals surface area contributed by atoms with Crippen LogP contribution in [-0.4, -0.2) is 47.0 Å². The van der Waals surface area contributed by atoms with Crippen molar-refractivity contribution < 1.29 is 13.9 Å². The molecule has 0 spiro atoms. The third kappa shape index (κ3) is 3.90. The first-order valence-electron chi connectivity index (χ1n) is 11.5. The number of nitrogens with zero attached hydrogens (tertiary/aromatic N) is 4. The Labute approximate surface area is 201 Å². The lowest BCUT2D eigenvalue weighted by Gasteiger charge is -2.41. The average Bonchev–Trinajstić information content (AvgIpc) is 3.28. The molecule has 4 heterocycles. The van der Waals surface area contributed by atoms with Gasteiger partial charge in [0.15, 0.2) is 5.75 Å². The number of ether oxygens (including phenoxy) is 1. The third-order valence-corrected chi connectivity index (χ3v) is 6.64. The largest absolute Gasteiger partial charge is 0.489 e. The molecule has 1 saturated heterocycles. The Kier molecular flexibility index (Phi) is 5.20. The highest BCUT2D eigenvalue weighted by atomic mass is 19.1. The second kappa shape index (κ2) is 8.53. The van der Waals surface area contributed by atoms with Crippen LogP contribution in [0.3, 0.4) is 0 Å². The molecule has 2 aromatic carbocycles. The first-order valence-corrected chi connectivity index (χ1v) is 11.5. The molecule has 1 fully saturated rings. The van der Waals surface area contributed by atoms with E-state index in [2.05, 4.69) is 20.9 Å². The molecule has 4 aromatic rings. The van der Waals surface area contributed by atoms with Crippen LogP contribution in [0.15, 0.2) is 60.9 Å². The Hall–Kier alpha value is -4.22. The molecular weight excluding hydrogens is 445 g/mol. The number of H-pyrrole nitrogens is 1. The highest BCUT2D eigenvalue weighted by Crippen LogP contribution is 2.41. The van der Waals surface area contributed by atoms with Gasteiger partial charge in [-0.05, 0) is 42.0 Å². The van der Waals surface area contributed by atoms with Gasteiger partial charge in [-0.15, -0.1) is 0 Å². The number of rotatable bonds is 4. The van der Waals surface area contributed by atoms with Gasteiger partial charge in [-0.3, -0.25) is 14.7 Å². The number of hydrogen-bond donors (Lipinski definition) is 1. The summed E-state index contributed by atoms with van der Waals surface area (Å²) in [5, 5.41) is 10.1. The number of benzene rings is 2. The van der Waals surface area contributed by atoms with E-state index in [4.69, 9.17) is 4.74 Å². The van der Waals surface area contributed by atoms with E-state index in [0.717, 1.165) is 27.7 Å². The van der Waals surface area contributed by atoms with Crippen molar-refractivity contribution >= 4 is 22.5 Å². The van der Waals surface area contributed by atoms with Crippen LogP contribution in [0.5, 0.6) is 5.75 Å². The zero-order chi connectivity index (χ0) is 23.9. The van der Waals surface area contributed by atoms with Gasteiger partial charge in [0.1, 0.15) is 18.1 Å². The Morgan fingerprint density at radius 2 is 2.09 bits per heavy atom. The Morgan fingerprint density at radius 3 is 2.91 bits per heavy atom. The van der Waals surface area contributed by atoms with Gasteiger partial charge < -0.3 is 14.6 Å². The Morgan fingerprint density at radius 1 is 1.20 bits per heavy atom. The molecule has 0 aliphatic carbocycles. The first-order chi connectivity index (χ1) is 17.1. The van der Waals surface area contributed by atoms with Crippen LogP contribution in [0.4, 0.5) is 10.1 Å². The summed E-state index contributed by atoms with van der Waals surface area (Å²) in [5.41, 5.74) is 4.67. The predicted octanol–water partition coefficient (Wildman–Crippen LogP) is 4.10. The molecule has 1 amide bonds. The molecule has 8 heteroatoms. The molecule has 0 bridgehead atoms. The fourth-order valence-electron chi connectivity index (χ4n) is 4.88. The minimum Gasteiger partial charge on any atom is -0.489 e. The zero-order valence-corrected chi connectivity index (χ0v) is 18.9. The molecular formula is C27H22FN5O2. The molecule has 7 nitrogen and oxygen atoms in total. The summed E-state index contributed by atoms with van der Waals surface area (Å²) in [5.74, 6) is 0.321. The van der Waals surface area contributed by atoms with Crippen molar-refractivity contribution in [2.45, 2.75) is 6.54 Å². The van der Waals surface area contributed by atoms with Gasteiger partial charge >= 0.3 is 0 Å². The molecule has 2 aromatic heterocycles. The van der Waals surface area contributed by atoms with E-state index in [1.807, 2.05) is 24.3 Å². The van der Waals surface area contributed by atoms with Gasteiger partial charge in [0, 0.05) is 36.7 Å². The van der Waals surface area contributed by atoms with E-state index >= 15 is 0 Å². The van der Waals surface area contributed by atoms with Crippen LogP contribution in [0.2, 0.25) is 0 Å². The zero-order valence-electron chi connectivity index (χ0n) is 18.9. The molecule has 1 N–H and O–H groups in total. The average molecular weight is 468 g/mol. The number of aromatic amines is 1. The van der Waals surface area contributed by atoms with Crippen molar-refractivity contribution in [2.24, 2.45) is 5.92 Å². The van der Waals surface area contributed by atoms with Crippen molar-refractivity contribution in [3.63, 3.8) is 0 Å². The van der Waals surface area contributed by atoms with Crippen LogP contribution in [0.25, 0.3) is 22.2 Å². The number of nitrogens with one attached hydrogen (secondary N) is 1. The number of likely N-dealkylation sites (tertiary alicyclic amines) is 1. The highest BCUT2D eigenvalue weighted by molar-refractivity contribution is 5.99. The normalized spacial score (nSPS) is 15.8. The molecule has 174 valence electrons. The number of hydrogen-bond acceptors (Lipinski definition) is 5. The summed E-state index contributed by atoms with van der Waals surface area (Å²) >= 11 is 0.